The lowest BCUT2D eigenvalue weighted by Crippen LogP contribution is -2.24. The van der Waals surface area contributed by atoms with Crippen molar-refractivity contribution in [3.8, 4) is 11.8 Å². The van der Waals surface area contributed by atoms with Gasteiger partial charge in [-0.05, 0) is 26.1 Å². The van der Waals surface area contributed by atoms with Crippen molar-refractivity contribution < 1.29 is 4.74 Å². The second-order valence-electron chi connectivity index (χ2n) is 4.55. The van der Waals surface area contributed by atoms with Crippen LogP contribution in [0.25, 0.3) is 0 Å². The zero-order valence-electron chi connectivity index (χ0n) is 11.7. The van der Waals surface area contributed by atoms with Gasteiger partial charge in [-0.3, -0.25) is 4.90 Å². The standard InChI is InChI=1S/C15H17N3OS/c1-12-17-14(11-20-12)10-18(2)7-8-19-15-6-4-3-5-13(15)9-16/h3-6,11H,7-8,10H2,1-2H3. The van der Waals surface area contributed by atoms with Gasteiger partial charge in [0, 0.05) is 18.5 Å². The number of likely N-dealkylation sites (N-methyl/N-ethyl adjacent to an activating group) is 1. The molecule has 0 spiro atoms. The summed E-state index contributed by atoms with van der Waals surface area (Å²) in [6, 6.07) is 9.42. The normalized spacial score (nSPS) is 10.5. The number of aromatic nitrogens is 1. The van der Waals surface area contributed by atoms with Crippen LogP contribution in [-0.2, 0) is 6.54 Å². The first-order chi connectivity index (χ1) is 9.69. The van der Waals surface area contributed by atoms with Gasteiger partial charge >= 0.3 is 0 Å². The minimum atomic E-state index is 0.554. The maximum absolute atomic E-state index is 8.98. The monoisotopic (exact) mass is 287 g/mol. The van der Waals surface area contributed by atoms with E-state index >= 15 is 0 Å². The molecule has 0 aliphatic carbocycles. The van der Waals surface area contributed by atoms with Gasteiger partial charge < -0.3 is 4.74 Å². The van der Waals surface area contributed by atoms with Gasteiger partial charge in [-0.1, -0.05) is 12.1 Å². The third kappa shape index (κ3) is 4.05. The Bertz CT molecular complexity index is 603. The minimum Gasteiger partial charge on any atom is -0.491 e. The van der Waals surface area contributed by atoms with Crippen LogP contribution in [-0.4, -0.2) is 30.1 Å². The summed E-state index contributed by atoms with van der Waals surface area (Å²) < 4.78 is 5.66. The Hall–Kier alpha value is -1.90. The lowest BCUT2D eigenvalue weighted by molar-refractivity contribution is 0.231. The van der Waals surface area contributed by atoms with Gasteiger partial charge in [0.05, 0.1) is 16.3 Å². The second-order valence-corrected chi connectivity index (χ2v) is 5.61. The maximum Gasteiger partial charge on any atom is 0.137 e. The van der Waals surface area contributed by atoms with Crippen molar-refractivity contribution in [2.24, 2.45) is 0 Å². The number of rotatable bonds is 6. The van der Waals surface area contributed by atoms with Gasteiger partial charge in [0.2, 0.25) is 0 Å². The molecule has 0 aliphatic heterocycles. The molecule has 0 bridgehead atoms. The fourth-order valence-corrected chi connectivity index (χ4v) is 2.44. The molecule has 4 nitrogen and oxygen atoms in total. The summed E-state index contributed by atoms with van der Waals surface area (Å²) in [6.07, 6.45) is 0. The average molecular weight is 287 g/mol. The highest BCUT2D eigenvalue weighted by Gasteiger charge is 2.05. The molecule has 0 radical (unpaired) electrons. The fourth-order valence-electron chi connectivity index (χ4n) is 1.83. The molecule has 2 rings (SSSR count). The molecule has 0 saturated carbocycles. The topological polar surface area (TPSA) is 49.2 Å². The third-order valence-electron chi connectivity index (χ3n) is 2.84. The molecule has 5 heteroatoms. The number of hydrogen-bond acceptors (Lipinski definition) is 5. The molecule has 1 heterocycles. The molecule has 0 atom stereocenters. The van der Waals surface area contributed by atoms with Crippen LogP contribution in [0.3, 0.4) is 0 Å². The Morgan fingerprint density at radius 1 is 1.40 bits per heavy atom. The van der Waals surface area contributed by atoms with Gasteiger partial charge in [0.1, 0.15) is 18.4 Å². The largest absolute Gasteiger partial charge is 0.491 e. The van der Waals surface area contributed by atoms with Crippen LogP contribution in [0.2, 0.25) is 0 Å². The van der Waals surface area contributed by atoms with Crippen LogP contribution in [0.1, 0.15) is 16.3 Å². The zero-order valence-corrected chi connectivity index (χ0v) is 12.5. The molecule has 0 N–H and O–H groups in total. The molecule has 0 saturated heterocycles. The highest BCUT2D eigenvalue weighted by Crippen LogP contribution is 2.16. The predicted molar refractivity (Wildman–Crippen MR) is 79.8 cm³/mol. The number of thiazole rings is 1. The van der Waals surface area contributed by atoms with Crippen LogP contribution in [0, 0.1) is 18.3 Å². The molecule has 1 aromatic heterocycles. The van der Waals surface area contributed by atoms with Crippen molar-refractivity contribution in [1.29, 1.82) is 5.26 Å². The number of benzene rings is 1. The third-order valence-corrected chi connectivity index (χ3v) is 3.66. The van der Waals surface area contributed by atoms with E-state index in [9.17, 15) is 0 Å². The van der Waals surface area contributed by atoms with Crippen LogP contribution >= 0.6 is 11.3 Å². The van der Waals surface area contributed by atoms with E-state index in [0.717, 1.165) is 23.8 Å². The Kier molecular flexibility index (Phi) is 5.10. The van der Waals surface area contributed by atoms with Crippen LogP contribution < -0.4 is 4.74 Å². The molecule has 0 fully saturated rings. The van der Waals surface area contributed by atoms with E-state index < -0.39 is 0 Å². The molecule has 0 amide bonds. The van der Waals surface area contributed by atoms with Gasteiger partial charge in [-0.15, -0.1) is 11.3 Å². The van der Waals surface area contributed by atoms with Crippen molar-refractivity contribution in [2.45, 2.75) is 13.5 Å². The second kappa shape index (κ2) is 7.04. The summed E-state index contributed by atoms with van der Waals surface area (Å²) in [7, 11) is 2.04. The van der Waals surface area contributed by atoms with Crippen molar-refractivity contribution in [1.82, 2.24) is 9.88 Å². The predicted octanol–water partition coefficient (Wildman–Crippen LogP) is 2.83. The van der Waals surface area contributed by atoms with Crippen molar-refractivity contribution in [3.05, 3.63) is 45.9 Å². The summed E-state index contributed by atoms with van der Waals surface area (Å²) in [5, 5.41) is 12.1. The summed E-state index contributed by atoms with van der Waals surface area (Å²) in [6.45, 7) is 4.17. The SMILES string of the molecule is Cc1nc(CN(C)CCOc2ccccc2C#N)cs1. The van der Waals surface area contributed by atoms with E-state index in [1.807, 2.05) is 32.2 Å². The summed E-state index contributed by atoms with van der Waals surface area (Å²) in [5.74, 6) is 0.646. The number of hydrogen-bond donors (Lipinski definition) is 0. The van der Waals surface area contributed by atoms with E-state index in [2.05, 4.69) is 21.3 Å². The van der Waals surface area contributed by atoms with Gasteiger partial charge in [0.25, 0.3) is 0 Å². The van der Waals surface area contributed by atoms with Crippen molar-refractivity contribution >= 4 is 11.3 Å². The van der Waals surface area contributed by atoms with Crippen molar-refractivity contribution in [2.75, 3.05) is 20.2 Å². The van der Waals surface area contributed by atoms with E-state index in [0.29, 0.717) is 17.9 Å². The lowest BCUT2D eigenvalue weighted by atomic mass is 10.2. The maximum atomic E-state index is 8.98. The first kappa shape index (κ1) is 14.5. The van der Waals surface area contributed by atoms with Gasteiger partial charge in [-0.25, -0.2) is 4.98 Å². The first-order valence-corrected chi connectivity index (χ1v) is 7.28. The molecule has 1 aromatic carbocycles. The Labute approximate surface area is 123 Å². The van der Waals surface area contributed by atoms with Gasteiger partial charge in [0.15, 0.2) is 0 Å². The number of ether oxygens (including phenoxy) is 1. The quantitative estimate of drug-likeness (QED) is 0.819. The highest BCUT2D eigenvalue weighted by molar-refractivity contribution is 7.09. The Morgan fingerprint density at radius 3 is 2.90 bits per heavy atom. The minimum absolute atomic E-state index is 0.554. The first-order valence-electron chi connectivity index (χ1n) is 6.40. The Balaban J connectivity index is 1.79. The molecular weight excluding hydrogens is 270 g/mol. The number of para-hydroxylation sites is 1. The van der Waals surface area contributed by atoms with Crippen LogP contribution in [0.5, 0.6) is 5.75 Å². The molecule has 0 aliphatic rings. The lowest BCUT2D eigenvalue weighted by Gasteiger charge is -2.16. The summed E-state index contributed by atoms with van der Waals surface area (Å²) >= 11 is 1.67. The number of nitriles is 1. The van der Waals surface area contributed by atoms with E-state index in [1.54, 1.807) is 17.4 Å². The number of nitrogens with zero attached hydrogens (tertiary/aromatic N) is 3. The van der Waals surface area contributed by atoms with E-state index in [-0.39, 0.29) is 0 Å². The summed E-state index contributed by atoms with van der Waals surface area (Å²) in [5.41, 5.74) is 1.66. The summed E-state index contributed by atoms with van der Waals surface area (Å²) in [4.78, 5) is 6.59. The Morgan fingerprint density at radius 2 is 2.20 bits per heavy atom. The van der Waals surface area contributed by atoms with Crippen LogP contribution in [0.4, 0.5) is 0 Å². The smallest absolute Gasteiger partial charge is 0.137 e. The molecule has 104 valence electrons. The van der Waals surface area contributed by atoms with Gasteiger partial charge in [-0.2, -0.15) is 5.26 Å². The molecular formula is C15H17N3OS. The molecule has 2 aromatic rings. The molecule has 20 heavy (non-hydrogen) atoms. The van der Waals surface area contributed by atoms with E-state index in [1.165, 1.54) is 0 Å². The van der Waals surface area contributed by atoms with Crippen LogP contribution in [0.15, 0.2) is 29.6 Å². The zero-order chi connectivity index (χ0) is 14.4. The number of aryl methyl sites for hydroxylation is 1. The fraction of sp³-hybridized carbons (Fsp3) is 0.333. The average Bonchev–Trinajstić information content (AvgIpc) is 2.84. The van der Waals surface area contributed by atoms with Crippen molar-refractivity contribution in [3.63, 3.8) is 0 Å². The van der Waals surface area contributed by atoms with E-state index in [4.69, 9.17) is 10.00 Å². The highest BCUT2D eigenvalue weighted by atomic mass is 32.1. The molecule has 0 unspecified atom stereocenters.